The number of benzene rings is 1. The number of carbonyl (C=O) groups is 1. The number of para-hydroxylation sites is 2. The van der Waals surface area contributed by atoms with E-state index in [4.69, 9.17) is 9.47 Å². The van der Waals surface area contributed by atoms with Crippen molar-refractivity contribution in [2.75, 3.05) is 39.8 Å². The van der Waals surface area contributed by atoms with E-state index in [9.17, 15) is 4.79 Å². The molecule has 2 unspecified atom stereocenters. The molecule has 1 fully saturated rings. The molecule has 0 radical (unpaired) electrons. The Hall–Kier alpha value is -2.44. The largest absolute Gasteiger partial charge is 0.493 e. The van der Waals surface area contributed by atoms with Gasteiger partial charge in [-0.1, -0.05) is 19.1 Å². The summed E-state index contributed by atoms with van der Waals surface area (Å²) in [5.74, 6) is 2.93. The van der Waals surface area contributed by atoms with Crippen molar-refractivity contribution in [1.82, 2.24) is 15.5 Å². The summed E-state index contributed by atoms with van der Waals surface area (Å²) in [6.07, 6.45) is 2.69. The zero-order valence-corrected chi connectivity index (χ0v) is 18.2. The molecule has 1 saturated heterocycles. The number of likely N-dealkylation sites (tertiary alicyclic amines) is 1. The van der Waals surface area contributed by atoms with Crippen LogP contribution in [0.3, 0.4) is 0 Å². The van der Waals surface area contributed by atoms with Crippen molar-refractivity contribution in [2.45, 2.75) is 46.1 Å². The zero-order chi connectivity index (χ0) is 21.1. The Kier molecular flexibility index (Phi) is 9.60. The number of hydrogen-bond donors (Lipinski definition) is 2. The minimum Gasteiger partial charge on any atom is -0.493 e. The van der Waals surface area contributed by atoms with Gasteiger partial charge in [-0.25, -0.2) is 4.99 Å². The smallest absolute Gasteiger partial charge is 0.224 e. The highest BCUT2D eigenvalue weighted by Crippen LogP contribution is 2.26. The quantitative estimate of drug-likeness (QED) is 0.489. The summed E-state index contributed by atoms with van der Waals surface area (Å²) >= 11 is 0. The van der Waals surface area contributed by atoms with Gasteiger partial charge in [0.2, 0.25) is 5.91 Å². The number of carbonyl (C=O) groups excluding carboxylic acids is 1. The molecule has 0 aliphatic carbocycles. The van der Waals surface area contributed by atoms with Gasteiger partial charge in [0.1, 0.15) is 6.10 Å². The third-order valence-electron chi connectivity index (χ3n) is 4.89. The molecule has 2 rings (SSSR count). The van der Waals surface area contributed by atoms with Crippen molar-refractivity contribution in [3.05, 3.63) is 24.3 Å². The number of ether oxygens (including phenoxy) is 2. The van der Waals surface area contributed by atoms with Crippen molar-refractivity contribution in [3.63, 3.8) is 0 Å². The van der Waals surface area contributed by atoms with Gasteiger partial charge in [0.25, 0.3) is 0 Å². The predicted octanol–water partition coefficient (Wildman–Crippen LogP) is 2.67. The van der Waals surface area contributed by atoms with E-state index in [1.54, 1.807) is 7.11 Å². The predicted molar refractivity (Wildman–Crippen MR) is 117 cm³/mol. The molecule has 0 spiro atoms. The molecule has 7 nitrogen and oxygen atoms in total. The number of aliphatic imine (C=N–C) groups is 1. The first-order valence-corrected chi connectivity index (χ1v) is 10.6. The minimum absolute atomic E-state index is 0.113. The van der Waals surface area contributed by atoms with Crippen LogP contribution >= 0.6 is 0 Å². The number of piperidine rings is 1. The number of hydrogen-bond acceptors (Lipinski definition) is 4. The van der Waals surface area contributed by atoms with Crippen molar-refractivity contribution in [3.8, 4) is 11.5 Å². The van der Waals surface area contributed by atoms with Gasteiger partial charge in [0, 0.05) is 32.6 Å². The highest BCUT2D eigenvalue weighted by molar-refractivity contribution is 5.81. The van der Waals surface area contributed by atoms with Crippen molar-refractivity contribution >= 4 is 11.9 Å². The van der Waals surface area contributed by atoms with Crippen LogP contribution in [0.25, 0.3) is 0 Å². The molecule has 2 atom stereocenters. The molecular formula is C22H36N4O3. The molecule has 1 aliphatic heterocycles. The van der Waals surface area contributed by atoms with Crippen LogP contribution in [0.2, 0.25) is 0 Å². The monoisotopic (exact) mass is 404 g/mol. The van der Waals surface area contributed by atoms with Crippen LogP contribution in [-0.2, 0) is 4.79 Å². The highest BCUT2D eigenvalue weighted by atomic mass is 16.5. The number of amides is 1. The summed E-state index contributed by atoms with van der Waals surface area (Å²) in [6, 6.07) is 7.58. The van der Waals surface area contributed by atoms with E-state index in [1.165, 1.54) is 6.42 Å². The first-order valence-electron chi connectivity index (χ1n) is 10.6. The fourth-order valence-electron chi connectivity index (χ4n) is 3.39. The Labute approximate surface area is 174 Å². The van der Waals surface area contributed by atoms with Crippen LogP contribution in [0.1, 0.15) is 40.0 Å². The zero-order valence-electron chi connectivity index (χ0n) is 18.2. The van der Waals surface area contributed by atoms with Gasteiger partial charge in [-0.3, -0.25) is 4.79 Å². The van der Waals surface area contributed by atoms with Crippen LogP contribution < -0.4 is 20.1 Å². The van der Waals surface area contributed by atoms with E-state index in [0.717, 1.165) is 26.1 Å². The molecule has 1 amide bonds. The first-order chi connectivity index (χ1) is 14.0. The van der Waals surface area contributed by atoms with E-state index < -0.39 is 0 Å². The van der Waals surface area contributed by atoms with E-state index in [0.29, 0.717) is 42.9 Å². The average Bonchev–Trinajstić information content (AvgIpc) is 2.72. The lowest BCUT2D eigenvalue weighted by Gasteiger charge is -2.31. The Morgan fingerprint density at radius 2 is 2.07 bits per heavy atom. The second-order valence-electron chi connectivity index (χ2n) is 7.56. The van der Waals surface area contributed by atoms with Gasteiger partial charge >= 0.3 is 0 Å². The number of methoxy groups -OCH3 is 1. The van der Waals surface area contributed by atoms with Crippen LogP contribution in [0.5, 0.6) is 11.5 Å². The second kappa shape index (κ2) is 12.2. The molecule has 162 valence electrons. The Morgan fingerprint density at radius 3 is 2.76 bits per heavy atom. The van der Waals surface area contributed by atoms with E-state index >= 15 is 0 Å². The number of rotatable bonds is 9. The van der Waals surface area contributed by atoms with Gasteiger partial charge in [0.15, 0.2) is 17.5 Å². The van der Waals surface area contributed by atoms with E-state index in [2.05, 4.69) is 22.5 Å². The standard InChI is InChI=1S/C22H36N4O3/c1-5-23-22(24-13-12-21(27)26-14-8-9-17(2)16-26)25-15-18(3)29-20-11-7-6-10-19(20)28-4/h6-7,10-11,17-18H,5,8-9,12-16H2,1-4H3,(H2,23,24,25). The maximum Gasteiger partial charge on any atom is 0.224 e. The molecule has 7 heteroatoms. The van der Waals surface area contributed by atoms with Gasteiger partial charge in [-0.2, -0.15) is 0 Å². The summed E-state index contributed by atoms with van der Waals surface area (Å²) in [5.41, 5.74) is 0. The highest BCUT2D eigenvalue weighted by Gasteiger charge is 2.20. The fraction of sp³-hybridized carbons (Fsp3) is 0.636. The van der Waals surface area contributed by atoms with Crippen LogP contribution in [0, 0.1) is 5.92 Å². The van der Waals surface area contributed by atoms with Crippen LogP contribution in [-0.4, -0.2) is 62.7 Å². The molecule has 0 saturated carbocycles. The van der Waals surface area contributed by atoms with Crippen molar-refractivity contribution in [2.24, 2.45) is 10.9 Å². The van der Waals surface area contributed by atoms with Crippen LogP contribution in [0.15, 0.2) is 29.3 Å². The lowest BCUT2D eigenvalue weighted by Crippen LogP contribution is -2.42. The third-order valence-corrected chi connectivity index (χ3v) is 4.89. The van der Waals surface area contributed by atoms with Crippen molar-refractivity contribution < 1.29 is 14.3 Å². The molecule has 1 heterocycles. The Morgan fingerprint density at radius 1 is 1.31 bits per heavy atom. The Bertz CT molecular complexity index is 665. The normalized spacial score (nSPS) is 18.1. The summed E-state index contributed by atoms with van der Waals surface area (Å²) in [4.78, 5) is 19.0. The molecule has 0 aromatic heterocycles. The molecule has 0 bridgehead atoms. The SMILES string of the molecule is CCNC(=NCC(C)Oc1ccccc1OC)NCCC(=O)N1CCCC(C)C1. The second-order valence-corrected chi connectivity index (χ2v) is 7.56. The van der Waals surface area contributed by atoms with Gasteiger partial charge < -0.3 is 25.0 Å². The average molecular weight is 405 g/mol. The van der Waals surface area contributed by atoms with Crippen LogP contribution in [0.4, 0.5) is 0 Å². The first kappa shape index (κ1) is 22.8. The van der Waals surface area contributed by atoms with Gasteiger partial charge in [0.05, 0.1) is 13.7 Å². The minimum atomic E-state index is -0.113. The topological polar surface area (TPSA) is 75.2 Å². The molecule has 1 aromatic rings. The number of guanidine groups is 1. The summed E-state index contributed by atoms with van der Waals surface area (Å²) in [7, 11) is 1.63. The lowest BCUT2D eigenvalue weighted by atomic mass is 10.00. The number of nitrogens with one attached hydrogen (secondary N) is 2. The maximum atomic E-state index is 12.4. The summed E-state index contributed by atoms with van der Waals surface area (Å²) in [5, 5.41) is 6.47. The summed E-state index contributed by atoms with van der Waals surface area (Å²) in [6.45, 7) is 9.78. The van der Waals surface area contributed by atoms with Crippen molar-refractivity contribution in [1.29, 1.82) is 0 Å². The third kappa shape index (κ3) is 7.83. The molecule has 2 N–H and O–H groups in total. The van der Waals surface area contributed by atoms with Gasteiger partial charge in [-0.15, -0.1) is 0 Å². The van der Waals surface area contributed by atoms with E-state index in [-0.39, 0.29) is 12.0 Å². The lowest BCUT2D eigenvalue weighted by molar-refractivity contribution is -0.132. The Balaban J connectivity index is 1.80. The van der Waals surface area contributed by atoms with Gasteiger partial charge in [-0.05, 0) is 44.7 Å². The molecule has 29 heavy (non-hydrogen) atoms. The molecule has 1 aromatic carbocycles. The molecular weight excluding hydrogens is 368 g/mol. The fourth-order valence-corrected chi connectivity index (χ4v) is 3.39. The number of nitrogens with zero attached hydrogens (tertiary/aromatic N) is 2. The maximum absolute atomic E-state index is 12.4. The van der Waals surface area contributed by atoms with E-state index in [1.807, 2.05) is 43.0 Å². The molecule has 1 aliphatic rings. The summed E-state index contributed by atoms with van der Waals surface area (Å²) < 4.78 is 11.3.